The topological polar surface area (TPSA) is 13.1 Å². The predicted octanol–water partition coefficient (Wildman–Crippen LogP) is 10.5. The number of fused-ring (bicyclic) bond motifs is 13. The summed E-state index contributed by atoms with van der Waals surface area (Å²) in [7, 11) is 0. The SMILES string of the molecule is c1ccc2c(c1)oc1cc3c4ccccc4c4ccccc4c4ccccc4c4ccccc4c3cc12. The maximum absolute atomic E-state index is 6.38. The van der Waals surface area contributed by atoms with Crippen LogP contribution in [0.15, 0.2) is 138 Å². The molecule has 37 heavy (non-hydrogen) atoms. The molecule has 0 amide bonds. The van der Waals surface area contributed by atoms with E-state index in [2.05, 4.69) is 127 Å². The fraction of sp³-hybridized carbons (Fsp3) is 0. The third-order valence-corrected chi connectivity index (χ3v) is 7.68. The average molecular weight is 471 g/mol. The largest absolute Gasteiger partial charge is 0.456 e. The molecule has 8 aromatic rings. The van der Waals surface area contributed by atoms with Crippen molar-refractivity contribution in [1.29, 1.82) is 0 Å². The molecule has 0 bridgehead atoms. The van der Waals surface area contributed by atoms with E-state index in [1.807, 2.05) is 6.07 Å². The number of benzene rings is 6. The van der Waals surface area contributed by atoms with Crippen molar-refractivity contribution in [3.63, 3.8) is 0 Å². The average Bonchev–Trinajstić information content (AvgIpc) is 3.34. The lowest BCUT2D eigenvalue weighted by Gasteiger charge is -2.09. The third kappa shape index (κ3) is 2.98. The van der Waals surface area contributed by atoms with Crippen LogP contribution in [0.5, 0.6) is 0 Å². The third-order valence-electron chi connectivity index (χ3n) is 7.68. The van der Waals surface area contributed by atoms with Crippen molar-refractivity contribution < 1.29 is 4.42 Å². The second kappa shape index (κ2) is 7.81. The van der Waals surface area contributed by atoms with Crippen LogP contribution in [0.2, 0.25) is 0 Å². The molecule has 8 rings (SSSR count). The molecule has 172 valence electrons. The van der Waals surface area contributed by atoms with E-state index in [1.54, 1.807) is 0 Å². The molecule has 0 saturated carbocycles. The van der Waals surface area contributed by atoms with E-state index in [0.29, 0.717) is 0 Å². The minimum Gasteiger partial charge on any atom is -0.456 e. The van der Waals surface area contributed by atoms with Gasteiger partial charge in [-0.25, -0.2) is 0 Å². The molecule has 0 aliphatic heterocycles. The molecule has 1 aromatic heterocycles. The molecule has 1 heteroatoms. The van der Waals surface area contributed by atoms with Gasteiger partial charge in [0.15, 0.2) is 0 Å². The van der Waals surface area contributed by atoms with E-state index in [1.165, 1.54) is 53.9 Å². The van der Waals surface area contributed by atoms with Gasteiger partial charge in [0.05, 0.1) is 0 Å². The van der Waals surface area contributed by atoms with Gasteiger partial charge in [0, 0.05) is 10.8 Å². The highest BCUT2D eigenvalue weighted by molar-refractivity contribution is 6.28. The van der Waals surface area contributed by atoms with Crippen LogP contribution in [0.3, 0.4) is 0 Å². The van der Waals surface area contributed by atoms with Crippen LogP contribution in [0, 0.1) is 0 Å². The Morgan fingerprint density at radius 3 is 1.00 bits per heavy atom. The highest BCUT2D eigenvalue weighted by atomic mass is 16.3. The maximum Gasteiger partial charge on any atom is 0.136 e. The molecule has 0 radical (unpaired) electrons. The van der Waals surface area contributed by atoms with Crippen molar-refractivity contribution >= 4 is 75.8 Å². The van der Waals surface area contributed by atoms with Gasteiger partial charge in [0.25, 0.3) is 0 Å². The molecule has 1 nitrogen and oxygen atoms in total. The van der Waals surface area contributed by atoms with Crippen LogP contribution < -0.4 is 0 Å². The van der Waals surface area contributed by atoms with Gasteiger partial charge in [0.2, 0.25) is 0 Å². The van der Waals surface area contributed by atoms with Crippen molar-refractivity contribution in [2.75, 3.05) is 0 Å². The number of para-hydroxylation sites is 1. The van der Waals surface area contributed by atoms with E-state index in [-0.39, 0.29) is 0 Å². The Morgan fingerprint density at radius 1 is 0.243 bits per heavy atom. The fourth-order valence-electron chi connectivity index (χ4n) is 6.03. The van der Waals surface area contributed by atoms with E-state index < -0.39 is 0 Å². The Kier molecular flexibility index (Phi) is 4.29. The lowest BCUT2D eigenvalue weighted by atomic mass is 9.94. The van der Waals surface area contributed by atoms with Crippen molar-refractivity contribution in [3.05, 3.63) is 133 Å². The number of furan rings is 1. The van der Waals surface area contributed by atoms with E-state index in [4.69, 9.17) is 4.42 Å². The monoisotopic (exact) mass is 470 g/mol. The second-order valence-electron chi connectivity index (χ2n) is 9.67. The molecule has 0 saturated heterocycles. The van der Waals surface area contributed by atoms with Crippen LogP contribution >= 0.6 is 0 Å². The molecule has 0 spiro atoms. The van der Waals surface area contributed by atoms with Crippen LogP contribution in [0.25, 0.3) is 75.8 Å². The summed E-state index contributed by atoms with van der Waals surface area (Å²) in [6.45, 7) is 0. The minimum atomic E-state index is 0.915. The normalized spacial score (nSPS) is 11.8. The van der Waals surface area contributed by atoms with Crippen molar-refractivity contribution in [3.8, 4) is 0 Å². The second-order valence-corrected chi connectivity index (χ2v) is 9.67. The molecule has 0 fully saturated rings. The lowest BCUT2D eigenvalue weighted by molar-refractivity contribution is 0.669. The highest BCUT2D eigenvalue weighted by Crippen LogP contribution is 2.39. The lowest BCUT2D eigenvalue weighted by Crippen LogP contribution is -1.82. The molecule has 0 aliphatic carbocycles. The number of hydrogen-bond acceptors (Lipinski definition) is 1. The first-order valence-corrected chi connectivity index (χ1v) is 12.7. The molecular formula is C36H22O. The molecule has 1 heterocycles. The fourth-order valence-corrected chi connectivity index (χ4v) is 6.03. The first kappa shape index (κ1) is 20.3. The van der Waals surface area contributed by atoms with E-state index in [9.17, 15) is 0 Å². The Morgan fingerprint density at radius 2 is 0.568 bits per heavy atom. The van der Waals surface area contributed by atoms with Gasteiger partial charge in [-0.1, -0.05) is 115 Å². The first-order valence-electron chi connectivity index (χ1n) is 12.7. The Balaban J connectivity index is 1.81. The van der Waals surface area contributed by atoms with Gasteiger partial charge in [-0.3, -0.25) is 0 Å². The van der Waals surface area contributed by atoms with Crippen LogP contribution in [0.1, 0.15) is 0 Å². The summed E-state index contributed by atoms with van der Waals surface area (Å²) in [6, 6.07) is 48.1. The first-order chi connectivity index (χ1) is 18.4. The van der Waals surface area contributed by atoms with Gasteiger partial charge in [0.1, 0.15) is 11.2 Å². The summed E-state index contributed by atoms with van der Waals surface area (Å²) in [5.74, 6) is 0. The van der Waals surface area contributed by atoms with Gasteiger partial charge < -0.3 is 4.42 Å². The summed E-state index contributed by atoms with van der Waals surface area (Å²) in [4.78, 5) is 0. The zero-order valence-corrected chi connectivity index (χ0v) is 20.1. The molecular weight excluding hydrogens is 448 g/mol. The highest BCUT2D eigenvalue weighted by Gasteiger charge is 2.12. The summed E-state index contributed by atoms with van der Waals surface area (Å²) >= 11 is 0. The molecule has 0 atom stereocenters. The summed E-state index contributed by atoms with van der Waals surface area (Å²) in [5.41, 5.74) is 1.83. The standard InChI is InChI=1S/C36H22O/c1-3-13-25-23(11-1)24-12-2-4-14-26(24)28-16-6-8-18-30(28)33-22-36-34(31-19-9-10-20-35(31)37-36)21-32(33)29-17-7-5-15-27(25)29/h1-22H. The van der Waals surface area contributed by atoms with Crippen molar-refractivity contribution in [2.24, 2.45) is 0 Å². The summed E-state index contributed by atoms with van der Waals surface area (Å²) in [5, 5.41) is 14.6. The molecule has 7 aromatic carbocycles. The van der Waals surface area contributed by atoms with Crippen LogP contribution in [0.4, 0.5) is 0 Å². The summed E-state index contributed by atoms with van der Waals surface area (Å²) < 4.78 is 6.38. The van der Waals surface area contributed by atoms with Gasteiger partial charge in [-0.2, -0.15) is 0 Å². The molecule has 0 N–H and O–H groups in total. The van der Waals surface area contributed by atoms with E-state index in [0.717, 1.165) is 21.9 Å². The van der Waals surface area contributed by atoms with Gasteiger partial charge in [-0.15, -0.1) is 0 Å². The number of hydrogen-bond donors (Lipinski definition) is 0. The Labute approximate surface area is 213 Å². The van der Waals surface area contributed by atoms with Gasteiger partial charge in [-0.05, 0) is 72.1 Å². The van der Waals surface area contributed by atoms with Gasteiger partial charge >= 0.3 is 0 Å². The zero-order valence-electron chi connectivity index (χ0n) is 20.1. The predicted molar refractivity (Wildman–Crippen MR) is 159 cm³/mol. The van der Waals surface area contributed by atoms with Crippen LogP contribution in [-0.4, -0.2) is 0 Å². The number of rotatable bonds is 0. The van der Waals surface area contributed by atoms with Crippen LogP contribution in [-0.2, 0) is 0 Å². The smallest absolute Gasteiger partial charge is 0.136 e. The van der Waals surface area contributed by atoms with Crippen molar-refractivity contribution in [2.45, 2.75) is 0 Å². The molecule has 0 unspecified atom stereocenters. The minimum absolute atomic E-state index is 0.915. The molecule has 0 aliphatic rings. The summed E-state index contributed by atoms with van der Waals surface area (Å²) in [6.07, 6.45) is 0. The Hall–Kier alpha value is -4.88. The quantitative estimate of drug-likeness (QED) is 0.215. The zero-order chi connectivity index (χ0) is 24.3. The Bertz CT molecular complexity index is 2250. The maximum atomic E-state index is 6.38. The van der Waals surface area contributed by atoms with Crippen molar-refractivity contribution in [1.82, 2.24) is 0 Å². The van der Waals surface area contributed by atoms with E-state index >= 15 is 0 Å².